The molecule has 0 amide bonds. The lowest BCUT2D eigenvalue weighted by Gasteiger charge is -2.13. The molecular weight excluding hydrogens is 166 g/mol. The minimum Gasteiger partial charge on any atom is -0.494 e. The summed E-state index contributed by atoms with van der Waals surface area (Å²) in [6, 6.07) is 7.13. The summed E-state index contributed by atoms with van der Waals surface area (Å²) < 4.78 is 5.37. The number of rotatable bonds is 4. The largest absolute Gasteiger partial charge is 0.494 e. The summed E-state index contributed by atoms with van der Waals surface area (Å²) in [5.41, 5.74) is 6.55. The number of aliphatic hydroxyl groups is 1. The molecule has 3 nitrogen and oxygen atoms in total. The minimum absolute atomic E-state index is 0.0654. The van der Waals surface area contributed by atoms with Crippen molar-refractivity contribution in [3.05, 3.63) is 29.8 Å². The maximum atomic E-state index is 8.90. The van der Waals surface area contributed by atoms with Gasteiger partial charge in [-0.25, -0.2) is 0 Å². The fourth-order valence-electron chi connectivity index (χ4n) is 1.17. The molecule has 0 heterocycles. The number of ether oxygens (including phenoxy) is 1. The smallest absolute Gasteiger partial charge is 0.124 e. The van der Waals surface area contributed by atoms with E-state index in [9.17, 15) is 0 Å². The van der Waals surface area contributed by atoms with Crippen LogP contribution in [0.2, 0.25) is 0 Å². The van der Waals surface area contributed by atoms with E-state index in [2.05, 4.69) is 0 Å². The summed E-state index contributed by atoms with van der Waals surface area (Å²) >= 11 is 0. The molecule has 3 N–H and O–H groups in total. The molecular formula is C10H15NO2. The van der Waals surface area contributed by atoms with Crippen molar-refractivity contribution in [2.45, 2.75) is 13.0 Å². The first kappa shape index (κ1) is 10.0. The van der Waals surface area contributed by atoms with Gasteiger partial charge in [-0.1, -0.05) is 18.2 Å². The van der Waals surface area contributed by atoms with Gasteiger partial charge < -0.3 is 15.6 Å². The van der Waals surface area contributed by atoms with Crippen molar-refractivity contribution >= 4 is 0 Å². The number of hydrogen-bond acceptors (Lipinski definition) is 3. The van der Waals surface area contributed by atoms with E-state index in [1.165, 1.54) is 0 Å². The van der Waals surface area contributed by atoms with Crippen LogP contribution in [0.4, 0.5) is 0 Å². The first-order valence-electron chi connectivity index (χ1n) is 4.37. The van der Waals surface area contributed by atoms with Crippen molar-refractivity contribution in [2.75, 3.05) is 13.2 Å². The van der Waals surface area contributed by atoms with Crippen LogP contribution in [0, 0.1) is 0 Å². The molecule has 0 spiro atoms. The van der Waals surface area contributed by atoms with E-state index in [1.807, 2.05) is 31.2 Å². The van der Waals surface area contributed by atoms with Crippen LogP contribution >= 0.6 is 0 Å². The van der Waals surface area contributed by atoms with Crippen molar-refractivity contribution in [3.8, 4) is 5.75 Å². The van der Waals surface area contributed by atoms with Gasteiger partial charge in [0.1, 0.15) is 5.75 Å². The van der Waals surface area contributed by atoms with E-state index in [4.69, 9.17) is 15.6 Å². The number of para-hydroxylation sites is 1. The lowest BCUT2D eigenvalue weighted by Crippen LogP contribution is -2.15. The van der Waals surface area contributed by atoms with Crippen molar-refractivity contribution < 1.29 is 9.84 Å². The molecule has 0 bridgehead atoms. The third-order valence-electron chi connectivity index (χ3n) is 1.82. The molecule has 13 heavy (non-hydrogen) atoms. The SMILES string of the molecule is CCOc1ccccc1C(N)CO. The van der Waals surface area contributed by atoms with E-state index in [0.717, 1.165) is 11.3 Å². The Kier molecular flexibility index (Phi) is 3.73. The highest BCUT2D eigenvalue weighted by molar-refractivity contribution is 5.35. The van der Waals surface area contributed by atoms with Crippen LogP contribution in [0.5, 0.6) is 5.75 Å². The van der Waals surface area contributed by atoms with Crippen molar-refractivity contribution in [1.82, 2.24) is 0 Å². The zero-order chi connectivity index (χ0) is 9.68. The highest BCUT2D eigenvalue weighted by Gasteiger charge is 2.09. The Morgan fingerprint density at radius 2 is 2.15 bits per heavy atom. The van der Waals surface area contributed by atoms with Crippen molar-refractivity contribution in [3.63, 3.8) is 0 Å². The molecule has 0 aliphatic heterocycles. The Bertz CT molecular complexity index is 263. The van der Waals surface area contributed by atoms with E-state index in [-0.39, 0.29) is 12.6 Å². The number of aliphatic hydroxyl groups excluding tert-OH is 1. The summed E-state index contributed by atoms with van der Waals surface area (Å²) in [4.78, 5) is 0. The summed E-state index contributed by atoms with van der Waals surface area (Å²) in [7, 11) is 0. The third-order valence-corrected chi connectivity index (χ3v) is 1.82. The minimum atomic E-state index is -0.359. The van der Waals surface area contributed by atoms with Crippen molar-refractivity contribution in [1.29, 1.82) is 0 Å². The van der Waals surface area contributed by atoms with E-state index < -0.39 is 0 Å². The Morgan fingerprint density at radius 1 is 1.46 bits per heavy atom. The van der Waals surface area contributed by atoms with Gasteiger partial charge in [-0.05, 0) is 13.0 Å². The first-order valence-corrected chi connectivity index (χ1v) is 4.37. The van der Waals surface area contributed by atoms with Crippen LogP contribution in [0.15, 0.2) is 24.3 Å². The monoisotopic (exact) mass is 181 g/mol. The highest BCUT2D eigenvalue weighted by Crippen LogP contribution is 2.22. The van der Waals surface area contributed by atoms with Gasteiger partial charge in [0.15, 0.2) is 0 Å². The molecule has 1 unspecified atom stereocenters. The number of nitrogens with two attached hydrogens (primary N) is 1. The average molecular weight is 181 g/mol. The van der Waals surface area contributed by atoms with Crippen molar-refractivity contribution in [2.24, 2.45) is 5.73 Å². The zero-order valence-corrected chi connectivity index (χ0v) is 7.73. The van der Waals surface area contributed by atoms with Gasteiger partial charge in [0.05, 0.1) is 19.3 Å². The van der Waals surface area contributed by atoms with Crippen LogP contribution in [-0.2, 0) is 0 Å². The summed E-state index contributed by atoms with van der Waals surface area (Å²) in [5, 5.41) is 8.90. The number of benzene rings is 1. The first-order chi connectivity index (χ1) is 6.29. The molecule has 72 valence electrons. The molecule has 0 saturated carbocycles. The Morgan fingerprint density at radius 3 is 2.77 bits per heavy atom. The normalized spacial score (nSPS) is 12.5. The van der Waals surface area contributed by atoms with Gasteiger partial charge in [-0.2, -0.15) is 0 Å². The van der Waals surface area contributed by atoms with Gasteiger partial charge in [0.2, 0.25) is 0 Å². The predicted octanol–water partition coefficient (Wildman–Crippen LogP) is 1.08. The Labute approximate surface area is 78.1 Å². The van der Waals surface area contributed by atoms with Crippen LogP contribution in [0.3, 0.4) is 0 Å². The third kappa shape index (κ3) is 2.44. The number of hydrogen-bond donors (Lipinski definition) is 2. The Hall–Kier alpha value is -1.06. The standard InChI is InChI=1S/C10H15NO2/c1-2-13-10-6-4-3-5-8(10)9(11)7-12/h3-6,9,12H,2,7,11H2,1H3. The van der Waals surface area contributed by atoms with E-state index >= 15 is 0 Å². The average Bonchev–Trinajstić information content (AvgIpc) is 2.18. The highest BCUT2D eigenvalue weighted by atomic mass is 16.5. The molecule has 1 aromatic rings. The fourth-order valence-corrected chi connectivity index (χ4v) is 1.17. The van der Waals surface area contributed by atoms with E-state index in [1.54, 1.807) is 0 Å². The van der Waals surface area contributed by atoms with Gasteiger partial charge in [-0.3, -0.25) is 0 Å². The molecule has 0 aliphatic carbocycles. The van der Waals surface area contributed by atoms with Gasteiger partial charge >= 0.3 is 0 Å². The second-order valence-corrected chi connectivity index (χ2v) is 2.76. The molecule has 1 aromatic carbocycles. The molecule has 0 fully saturated rings. The molecule has 1 atom stereocenters. The van der Waals surface area contributed by atoms with Gasteiger partial charge in [0.25, 0.3) is 0 Å². The maximum Gasteiger partial charge on any atom is 0.124 e. The molecule has 0 radical (unpaired) electrons. The summed E-state index contributed by atoms with van der Waals surface area (Å²) in [5.74, 6) is 0.756. The second-order valence-electron chi connectivity index (χ2n) is 2.76. The maximum absolute atomic E-state index is 8.90. The second kappa shape index (κ2) is 4.84. The molecule has 0 aliphatic rings. The molecule has 1 rings (SSSR count). The van der Waals surface area contributed by atoms with Crippen LogP contribution < -0.4 is 10.5 Å². The van der Waals surface area contributed by atoms with E-state index in [0.29, 0.717) is 6.61 Å². The quantitative estimate of drug-likeness (QED) is 0.730. The molecule has 0 aromatic heterocycles. The lowest BCUT2D eigenvalue weighted by molar-refractivity contribution is 0.261. The summed E-state index contributed by atoms with van der Waals surface area (Å²) in [6.07, 6.45) is 0. The van der Waals surface area contributed by atoms with Crippen LogP contribution in [0.25, 0.3) is 0 Å². The lowest BCUT2D eigenvalue weighted by atomic mass is 10.1. The predicted molar refractivity (Wildman–Crippen MR) is 51.6 cm³/mol. The summed E-state index contributed by atoms with van der Waals surface area (Å²) in [6.45, 7) is 2.46. The van der Waals surface area contributed by atoms with Crippen LogP contribution in [-0.4, -0.2) is 18.3 Å². The Balaban J connectivity index is 2.90. The molecule has 0 saturated heterocycles. The molecule has 3 heteroatoms. The fraction of sp³-hybridized carbons (Fsp3) is 0.400. The topological polar surface area (TPSA) is 55.5 Å². The van der Waals surface area contributed by atoms with Gasteiger partial charge in [0, 0.05) is 5.56 Å². The van der Waals surface area contributed by atoms with Crippen LogP contribution in [0.1, 0.15) is 18.5 Å². The van der Waals surface area contributed by atoms with Gasteiger partial charge in [-0.15, -0.1) is 0 Å². The zero-order valence-electron chi connectivity index (χ0n) is 7.73.